The van der Waals surface area contributed by atoms with Crippen LogP contribution >= 0.6 is 0 Å². The molecular formula is C19H19N5O3. The molecule has 2 aromatic carbocycles. The minimum Gasteiger partial charge on any atom is -0.495 e. The molecule has 0 aliphatic heterocycles. The Morgan fingerprint density at radius 2 is 1.41 bits per heavy atom. The Kier molecular flexibility index (Phi) is 4.80. The van der Waals surface area contributed by atoms with Gasteiger partial charge in [0, 0.05) is 11.6 Å². The van der Waals surface area contributed by atoms with Gasteiger partial charge in [0.1, 0.15) is 28.9 Å². The molecule has 0 aliphatic rings. The van der Waals surface area contributed by atoms with Crippen molar-refractivity contribution in [2.24, 2.45) is 11.5 Å². The smallest absolute Gasteiger partial charge is 0.171 e. The van der Waals surface area contributed by atoms with Crippen LogP contribution in [0.2, 0.25) is 0 Å². The monoisotopic (exact) mass is 365 g/mol. The first-order valence-electron chi connectivity index (χ1n) is 7.98. The summed E-state index contributed by atoms with van der Waals surface area (Å²) in [4.78, 5) is 0. The van der Waals surface area contributed by atoms with Crippen LogP contribution in [0.5, 0.6) is 11.5 Å². The van der Waals surface area contributed by atoms with Crippen LogP contribution in [0.4, 0.5) is 0 Å². The number of nitrogen functional groups attached to an aromatic ring is 2. The summed E-state index contributed by atoms with van der Waals surface area (Å²) in [5.41, 5.74) is 14.0. The van der Waals surface area contributed by atoms with Crippen molar-refractivity contribution in [2.45, 2.75) is 0 Å². The van der Waals surface area contributed by atoms with Crippen LogP contribution in [-0.2, 0) is 0 Å². The molecule has 1 heterocycles. The molecule has 0 fully saturated rings. The van der Waals surface area contributed by atoms with E-state index in [-0.39, 0.29) is 11.7 Å². The van der Waals surface area contributed by atoms with Crippen molar-refractivity contribution in [1.29, 1.82) is 10.8 Å². The molecule has 8 heteroatoms. The van der Waals surface area contributed by atoms with Gasteiger partial charge in [0.15, 0.2) is 5.76 Å². The van der Waals surface area contributed by atoms with Gasteiger partial charge in [0.05, 0.1) is 30.9 Å². The fourth-order valence-electron chi connectivity index (χ4n) is 2.86. The first kappa shape index (κ1) is 18.0. The third-order valence-corrected chi connectivity index (χ3v) is 4.07. The molecule has 0 amide bonds. The van der Waals surface area contributed by atoms with Crippen LogP contribution in [0.1, 0.15) is 11.1 Å². The molecule has 138 valence electrons. The molecule has 0 radical (unpaired) electrons. The minimum atomic E-state index is -0.107. The van der Waals surface area contributed by atoms with E-state index in [0.717, 1.165) is 0 Å². The van der Waals surface area contributed by atoms with Gasteiger partial charge in [-0.2, -0.15) is 0 Å². The first-order valence-corrected chi connectivity index (χ1v) is 7.98. The van der Waals surface area contributed by atoms with Crippen LogP contribution in [0.3, 0.4) is 0 Å². The van der Waals surface area contributed by atoms with E-state index in [9.17, 15) is 0 Å². The van der Waals surface area contributed by atoms with Crippen LogP contribution in [-0.4, -0.2) is 31.0 Å². The summed E-state index contributed by atoms with van der Waals surface area (Å²) >= 11 is 0. The fourth-order valence-corrected chi connectivity index (χ4v) is 2.86. The van der Waals surface area contributed by atoms with Gasteiger partial charge < -0.3 is 25.5 Å². The molecule has 0 bridgehead atoms. The zero-order chi connectivity index (χ0) is 19.6. The summed E-state index contributed by atoms with van der Waals surface area (Å²) in [6.07, 6.45) is 0. The van der Waals surface area contributed by atoms with Crippen molar-refractivity contribution in [2.75, 3.05) is 14.2 Å². The molecular weight excluding hydrogens is 346 g/mol. The van der Waals surface area contributed by atoms with Gasteiger partial charge in [-0.05, 0) is 24.3 Å². The number of nitrogens with one attached hydrogen (secondary N) is 2. The third-order valence-electron chi connectivity index (χ3n) is 4.07. The highest BCUT2D eigenvalue weighted by molar-refractivity contribution is 6.01. The standard InChI is InChI=1S/C19H19N5O3/c1-25-16-10(5-3-7-12(16)18(20)21)14-9-15(27-24-14)11-6-4-8-13(19(22)23)17(11)26-2/h3-9H,1-2H3,(H3,20,21)(H3,22,23). The Hall–Kier alpha value is -3.81. The number of ether oxygens (including phenoxy) is 2. The van der Waals surface area contributed by atoms with E-state index >= 15 is 0 Å². The number of nitrogens with zero attached hydrogens (tertiary/aromatic N) is 1. The number of amidine groups is 2. The molecule has 0 spiro atoms. The van der Waals surface area contributed by atoms with Crippen LogP contribution in [0, 0.1) is 10.8 Å². The highest BCUT2D eigenvalue weighted by atomic mass is 16.5. The molecule has 8 nitrogen and oxygen atoms in total. The predicted octanol–water partition coefficient (Wildman–Crippen LogP) is 2.59. The van der Waals surface area contributed by atoms with E-state index in [2.05, 4.69) is 5.16 Å². The SMILES string of the molecule is COc1c(C(=N)N)cccc1-c1cc(-c2cccc(C(=N)N)c2OC)on1. The number of benzene rings is 2. The molecule has 0 saturated heterocycles. The van der Waals surface area contributed by atoms with Crippen LogP contribution in [0.25, 0.3) is 22.6 Å². The summed E-state index contributed by atoms with van der Waals surface area (Å²) in [7, 11) is 3.01. The van der Waals surface area contributed by atoms with Gasteiger partial charge in [0.25, 0.3) is 0 Å². The highest BCUT2D eigenvalue weighted by Gasteiger charge is 2.20. The summed E-state index contributed by atoms with van der Waals surface area (Å²) in [6, 6.07) is 12.2. The second kappa shape index (κ2) is 7.20. The molecule has 0 saturated carbocycles. The summed E-state index contributed by atoms with van der Waals surface area (Å²) < 4.78 is 16.4. The molecule has 0 atom stereocenters. The van der Waals surface area contributed by atoms with E-state index in [4.69, 9.17) is 36.3 Å². The second-order valence-corrected chi connectivity index (χ2v) is 5.68. The molecule has 3 rings (SSSR count). The number of hydrogen-bond acceptors (Lipinski definition) is 6. The first-order chi connectivity index (χ1) is 13.0. The zero-order valence-corrected chi connectivity index (χ0v) is 14.9. The normalized spacial score (nSPS) is 10.4. The van der Waals surface area contributed by atoms with Gasteiger partial charge in [0.2, 0.25) is 0 Å². The number of para-hydroxylation sites is 2. The number of aromatic nitrogens is 1. The van der Waals surface area contributed by atoms with Gasteiger partial charge in [-0.25, -0.2) is 0 Å². The van der Waals surface area contributed by atoms with Crippen molar-refractivity contribution < 1.29 is 14.0 Å². The van der Waals surface area contributed by atoms with Gasteiger partial charge in [-0.1, -0.05) is 17.3 Å². The number of hydrogen-bond donors (Lipinski definition) is 4. The maximum absolute atomic E-state index is 7.70. The lowest BCUT2D eigenvalue weighted by Gasteiger charge is -2.11. The topological polar surface area (TPSA) is 144 Å². The quantitative estimate of drug-likeness (QED) is 0.390. The lowest BCUT2D eigenvalue weighted by Crippen LogP contribution is -2.12. The molecule has 0 aliphatic carbocycles. The average Bonchev–Trinajstić information content (AvgIpc) is 3.16. The van der Waals surface area contributed by atoms with Gasteiger partial charge >= 0.3 is 0 Å². The van der Waals surface area contributed by atoms with E-state index in [1.54, 1.807) is 42.5 Å². The third kappa shape index (κ3) is 3.20. The van der Waals surface area contributed by atoms with Gasteiger partial charge in [-0.15, -0.1) is 0 Å². The number of methoxy groups -OCH3 is 2. The molecule has 3 aromatic rings. The lowest BCUT2D eigenvalue weighted by molar-refractivity contribution is 0.404. The largest absolute Gasteiger partial charge is 0.495 e. The Balaban J connectivity index is 2.12. The maximum Gasteiger partial charge on any atom is 0.171 e. The zero-order valence-electron chi connectivity index (χ0n) is 14.9. The molecule has 1 aromatic heterocycles. The van der Waals surface area contributed by atoms with E-state index in [1.165, 1.54) is 14.2 Å². The lowest BCUT2D eigenvalue weighted by atomic mass is 10.0. The van der Waals surface area contributed by atoms with Crippen molar-refractivity contribution in [3.8, 4) is 34.1 Å². The molecule has 27 heavy (non-hydrogen) atoms. The van der Waals surface area contributed by atoms with Crippen molar-refractivity contribution in [3.63, 3.8) is 0 Å². The van der Waals surface area contributed by atoms with E-state index in [1.807, 2.05) is 0 Å². The Bertz CT molecular complexity index is 946. The number of rotatable bonds is 6. The van der Waals surface area contributed by atoms with Gasteiger partial charge in [-0.3, -0.25) is 10.8 Å². The molecule has 0 unspecified atom stereocenters. The van der Waals surface area contributed by atoms with Crippen molar-refractivity contribution in [1.82, 2.24) is 5.16 Å². The maximum atomic E-state index is 7.70. The fraction of sp³-hybridized carbons (Fsp3) is 0.105. The second-order valence-electron chi connectivity index (χ2n) is 5.68. The Morgan fingerprint density at radius 1 is 0.889 bits per heavy atom. The number of nitrogens with two attached hydrogens (primary N) is 2. The summed E-state index contributed by atoms with van der Waals surface area (Å²) in [5, 5.41) is 19.5. The van der Waals surface area contributed by atoms with Crippen molar-refractivity contribution in [3.05, 3.63) is 53.6 Å². The Labute approximate surface area is 155 Å². The Morgan fingerprint density at radius 3 is 1.93 bits per heavy atom. The molecule has 6 N–H and O–H groups in total. The minimum absolute atomic E-state index is 0.103. The van der Waals surface area contributed by atoms with Crippen LogP contribution in [0.15, 0.2) is 47.0 Å². The predicted molar refractivity (Wildman–Crippen MR) is 103 cm³/mol. The summed E-state index contributed by atoms with van der Waals surface area (Å²) in [6.45, 7) is 0. The summed E-state index contributed by atoms with van der Waals surface area (Å²) in [5.74, 6) is 1.10. The highest BCUT2D eigenvalue weighted by Crippen LogP contribution is 2.37. The van der Waals surface area contributed by atoms with Crippen molar-refractivity contribution >= 4 is 11.7 Å². The van der Waals surface area contributed by atoms with Crippen LogP contribution < -0.4 is 20.9 Å². The average molecular weight is 365 g/mol. The van der Waals surface area contributed by atoms with E-state index < -0.39 is 0 Å². The van der Waals surface area contributed by atoms with E-state index in [0.29, 0.717) is 45.2 Å².